The van der Waals surface area contributed by atoms with Crippen LogP contribution in [-0.4, -0.2) is 25.2 Å². The monoisotopic (exact) mass is 466 g/mol. The molecule has 0 saturated heterocycles. The number of anilines is 1. The predicted molar refractivity (Wildman–Crippen MR) is 116 cm³/mol. The van der Waals surface area contributed by atoms with Gasteiger partial charge in [-0.15, -0.1) is 0 Å². The van der Waals surface area contributed by atoms with Crippen molar-refractivity contribution in [2.24, 2.45) is 0 Å². The molecule has 156 valence electrons. The number of carbonyl (C=O) groups excluding carboxylic acids is 1. The summed E-state index contributed by atoms with van der Waals surface area (Å²) < 4.78 is 41.2. The van der Waals surface area contributed by atoms with Gasteiger partial charge < -0.3 is 5.32 Å². The Morgan fingerprint density at radius 2 is 1.57 bits per heavy atom. The summed E-state index contributed by atoms with van der Waals surface area (Å²) in [5.41, 5.74) is 0.486. The molecule has 0 aliphatic heterocycles. The number of nitrogens with zero attached hydrogens (tertiary/aromatic N) is 1. The van der Waals surface area contributed by atoms with Gasteiger partial charge in [0.15, 0.2) is 0 Å². The summed E-state index contributed by atoms with van der Waals surface area (Å²) in [5, 5.41) is 3.14. The zero-order valence-electron chi connectivity index (χ0n) is 15.6. The summed E-state index contributed by atoms with van der Waals surface area (Å²) in [6, 6.07) is 18.0. The number of nitrogens with one attached hydrogen (secondary N) is 1. The number of hydrogen-bond acceptors (Lipinski definition) is 3. The van der Waals surface area contributed by atoms with E-state index in [2.05, 4.69) is 5.32 Å². The predicted octanol–water partition coefficient (Wildman–Crippen LogP) is 4.96. The van der Waals surface area contributed by atoms with E-state index in [1.165, 1.54) is 42.5 Å². The molecule has 0 heterocycles. The Balaban J connectivity index is 1.91. The highest BCUT2D eigenvalue weighted by atomic mass is 35.5. The third-order valence-electron chi connectivity index (χ3n) is 4.22. The van der Waals surface area contributed by atoms with Crippen molar-refractivity contribution >= 4 is 44.8 Å². The van der Waals surface area contributed by atoms with Crippen LogP contribution in [0.1, 0.15) is 5.56 Å². The van der Waals surface area contributed by atoms with Crippen molar-refractivity contribution in [2.75, 3.05) is 11.9 Å². The van der Waals surface area contributed by atoms with Crippen LogP contribution in [0.15, 0.2) is 77.7 Å². The first-order chi connectivity index (χ1) is 14.3. The zero-order chi connectivity index (χ0) is 21.7. The Hall–Kier alpha value is -2.45. The molecule has 3 aromatic carbocycles. The number of amides is 1. The maximum atomic E-state index is 13.8. The molecule has 0 aliphatic carbocycles. The maximum Gasteiger partial charge on any atom is 0.243 e. The van der Waals surface area contributed by atoms with E-state index in [-0.39, 0.29) is 17.1 Å². The second-order valence-electron chi connectivity index (χ2n) is 6.35. The lowest BCUT2D eigenvalue weighted by molar-refractivity contribution is -0.116. The van der Waals surface area contributed by atoms with Crippen molar-refractivity contribution in [2.45, 2.75) is 11.4 Å². The van der Waals surface area contributed by atoms with E-state index in [1.54, 1.807) is 30.3 Å². The van der Waals surface area contributed by atoms with E-state index in [0.717, 1.165) is 4.31 Å². The van der Waals surface area contributed by atoms with Gasteiger partial charge in [-0.3, -0.25) is 4.79 Å². The van der Waals surface area contributed by atoms with Gasteiger partial charge in [0.1, 0.15) is 5.82 Å². The van der Waals surface area contributed by atoms with Gasteiger partial charge in [0.25, 0.3) is 0 Å². The van der Waals surface area contributed by atoms with E-state index in [9.17, 15) is 17.6 Å². The lowest BCUT2D eigenvalue weighted by atomic mass is 10.2. The molecule has 0 spiro atoms. The Morgan fingerprint density at radius 1 is 0.933 bits per heavy atom. The zero-order valence-corrected chi connectivity index (χ0v) is 17.9. The molecule has 0 aliphatic rings. The molecule has 0 unspecified atom stereocenters. The fourth-order valence-electron chi connectivity index (χ4n) is 2.71. The highest BCUT2D eigenvalue weighted by Gasteiger charge is 2.27. The normalized spacial score (nSPS) is 11.5. The molecular weight excluding hydrogens is 450 g/mol. The van der Waals surface area contributed by atoms with E-state index in [1.807, 2.05) is 0 Å². The lowest BCUT2D eigenvalue weighted by Gasteiger charge is -2.22. The van der Waals surface area contributed by atoms with Gasteiger partial charge in [-0.2, -0.15) is 4.31 Å². The van der Waals surface area contributed by atoms with Crippen molar-refractivity contribution in [3.05, 3.63) is 94.2 Å². The fourth-order valence-corrected chi connectivity index (χ4v) is 4.41. The minimum absolute atomic E-state index is 0.0300. The van der Waals surface area contributed by atoms with Crippen molar-refractivity contribution in [3.8, 4) is 0 Å². The minimum Gasteiger partial charge on any atom is -0.322 e. The Labute approximate surface area is 184 Å². The van der Waals surface area contributed by atoms with Crippen LogP contribution in [-0.2, 0) is 21.4 Å². The highest BCUT2D eigenvalue weighted by molar-refractivity contribution is 7.89. The molecular formula is C21H17Cl2FN2O3S. The third kappa shape index (κ3) is 5.37. The van der Waals surface area contributed by atoms with Gasteiger partial charge in [0, 0.05) is 16.6 Å². The molecule has 0 fully saturated rings. The average molecular weight is 467 g/mol. The fraction of sp³-hybridized carbons (Fsp3) is 0.0952. The van der Waals surface area contributed by atoms with Crippen molar-refractivity contribution in [3.63, 3.8) is 0 Å². The first-order valence-corrected chi connectivity index (χ1v) is 11.0. The molecule has 0 bridgehead atoms. The van der Waals surface area contributed by atoms with Crippen molar-refractivity contribution < 1.29 is 17.6 Å². The number of benzene rings is 3. The topological polar surface area (TPSA) is 66.5 Å². The third-order valence-corrected chi connectivity index (χ3v) is 6.65. The first kappa shape index (κ1) is 22.2. The Bertz CT molecular complexity index is 1150. The molecule has 0 radical (unpaired) electrons. The van der Waals surface area contributed by atoms with Gasteiger partial charge in [-0.1, -0.05) is 53.5 Å². The van der Waals surface area contributed by atoms with Crippen LogP contribution < -0.4 is 5.32 Å². The quantitative estimate of drug-likeness (QED) is 0.534. The number of hydrogen-bond donors (Lipinski definition) is 1. The Morgan fingerprint density at radius 3 is 2.23 bits per heavy atom. The van der Waals surface area contributed by atoms with Crippen molar-refractivity contribution in [1.82, 2.24) is 4.31 Å². The van der Waals surface area contributed by atoms with E-state index < -0.39 is 28.3 Å². The summed E-state index contributed by atoms with van der Waals surface area (Å²) in [7, 11) is -4.07. The van der Waals surface area contributed by atoms with Gasteiger partial charge in [-0.05, 0) is 48.0 Å². The van der Waals surface area contributed by atoms with Gasteiger partial charge >= 0.3 is 0 Å². The van der Waals surface area contributed by atoms with E-state index in [0.29, 0.717) is 15.6 Å². The van der Waals surface area contributed by atoms with Crippen LogP contribution in [0.25, 0.3) is 0 Å². The molecule has 1 N–H and O–H groups in total. The van der Waals surface area contributed by atoms with Gasteiger partial charge in [-0.25, -0.2) is 12.8 Å². The van der Waals surface area contributed by atoms with Crippen LogP contribution >= 0.6 is 23.2 Å². The highest BCUT2D eigenvalue weighted by Crippen LogP contribution is 2.24. The summed E-state index contributed by atoms with van der Waals surface area (Å²) in [6.07, 6.45) is 0. The maximum absolute atomic E-state index is 13.8. The van der Waals surface area contributed by atoms with E-state index >= 15 is 0 Å². The first-order valence-electron chi connectivity index (χ1n) is 8.81. The molecule has 0 atom stereocenters. The van der Waals surface area contributed by atoms with Crippen LogP contribution in [0.5, 0.6) is 0 Å². The molecule has 3 rings (SSSR count). The van der Waals surface area contributed by atoms with Gasteiger partial charge in [0.2, 0.25) is 15.9 Å². The average Bonchev–Trinajstić information content (AvgIpc) is 2.71. The lowest BCUT2D eigenvalue weighted by Crippen LogP contribution is -2.37. The van der Waals surface area contributed by atoms with Crippen molar-refractivity contribution in [1.29, 1.82) is 0 Å². The van der Waals surface area contributed by atoms with Crippen LogP contribution in [0.4, 0.5) is 10.1 Å². The molecule has 3 aromatic rings. The summed E-state index contributed by atoms with van der Waals surface area (Å²) >= 11 is 12.0. The second kappa shape index (κ2) is 9.57. The number of para-hydroxylation sites is 1. The number of rotatable bonds is 7. The summed E-state index contributed by atoms with van der Waals surface area (Å²) in [5.74, 6) is -1.31. The molecule has 5 nitrogen and oxygen atoms in total. The second-order valence-corrected chi connectivity index (χ2v) is 9.13. The van der Waals surface area contributed by atoms with E-state index in [4.69, 9.17) is 23.2 Å². The summed E-state index contributed by atoms with van der Waals surface area (Å²) in [4.78, 5) is 12.5. The largest absolute Gasteiger partial charge is 0.322 e. The standard InChI is InChI=1S/C21H17Cl2FN2O3S/c22-16-9-11-17(12-10-16)30(28,29)26(13-15-5-1-2-6-18(15)23)14-21(27)25-20-8-4-3-7-19(20)24/h1-12H,13-14H2,(H,25,27). The van der Waals surface area contributed by atoms with Crippen LogP contribution in [0, 0.1) is 5.82 Å². The molecule has 9 heteroatoms. The van der Waals surface area contributed by atoms with Crippen LogP contribution in [0.3, 0.4) is 0 Å². The molecule has 0 saturated carbocycles. The molecule has 0 aromatic heterocycles. The molecule has 1 amide bonds. The number of sulfonamides is 1. The van der Waals surface area contributed by atoms with Crippen LogP contribution in [0.2, 0.25) is 10.0 Å². The molecule has 30 heavy (non-hydrogen) atoms. The summed E-state index contributed by atoms with van der Waals surface area (Å²) in [6.45, 7) is -0.681. The van der Waals surface area contributed by atoms with Gasteiger partial charge in [0.05, 0.1) is 17.1 Å². The smallest absolute Gasteiger partial charge is 0.243 e. The number of halogens is 3. The SMILES string of the molecule is O=C(CN(Cc1ccccc1Cl)S(=O)(=O)c1ccc(Cl)cc1)Nc1ccccc1F. The minimum atomic E-state index is -4.07. The number of carbonyl (C=O) groups is 1. The Kier molecular flexibility index (Phi) is 7.10.